The van der Waals surface area contributed by atoms with E-state index in [4.69, 9.17) is 4.74 Å². The summed E-state index contributed by atoms with van der Waals surface area (Å²) in [4.78, 5) is 30.3. The maximum atomic E-state index is 12.2. The minimum absolute atomic E-state index is 0.221. The molecule has 200 valence electrons. The first-order valence-electron chi connectivity index (χ1n) is 12.2. The number of carbonyl (C=O) groups is 1. The highest BCUT2D eigenvalue weighted by Gasteiger charge is 2.47. The van der Waals surface area contributed by atoms with E-state index in [2.05, 4.69) is 65.0 Å². The maximum Gasteiger partial charge on any atom is 0.251 e. The zero-order valence-corrected chi connectivity index (χ0v) is 23.5. The van der Waals surface area contributed by atoms with E-state index >= 15 is 0 Å². The molecule has 4 N–H and O–H groups in total. The Hall–Kier alpha value is -3.64. The van der Waals surface area contributed by atoms with Gasteiger partial charge in [0.05, 0.1) is 18.6 Å². The average molecular weight is 639 g/mol. The Morgan fingerprint density at radius 3 is 2.74 bits per heavy atom. The first-order valence-corrected chi connectivity index (χ1v) is 13.2. The molecule has 1 aliphatic rings. The molecule has 0 saturated carbocycles. The SMILES string of the molecule is CNC(=O)[C@H]1O[C@@H](n2cnc3c(NCc4cc(I)ccn4)nc(C#Cc4cccc(C)c4C)nc32)[C@@H](O)C1O. The number of hydrogen-bond acceptors (Lipinski definition) is 9. The number of imidazole rings is 1. The molecule has 0 aliphatic carbocycles. The molecule has 4 atom stereocenters. The lowest BCUT2D eigenvalue weighted by molar-refractivity contribution is -0.137. The quantitative estimate of drug-likeness (QED) is 0.190. The van der Waals surface area contributed by atoms with Gasteiger partial charge in [-0.25, -0.2) is 15.0 Å². The van der Waals surface area contributed by atoms with Gasteiger partial charge in [0, 0.05) is 22.4 Å². The Morgan fingerprint density at radius 1 is 1.15 bits per heavy atom. The van der Waals surface area contributed by atoms with Crippen molar-refractivity contribution in [2.24, 2.45) is 0 Å². The lowest BCUT2D eigenvalue weighted by Crippen LogP contribution is -2.41. The third-order valence-electron chi connectivity index (χ3n) is 6.57. The van der Waals surface area contributed by atoms with Gasteiger partial charge in [-0.3, -0.25) is 14.3 Å². The lowest BCUT2D eigenvalue weighted by atomic mass is 10.0. The van der Waals surface area contributed by atoms with Crippen LogP contribution in [0.25, 0.3) is 11.2 Å². The van der Waals surface area contributed by atoms with Gasteiger partial charge in [-0.15, -0.1) is 0 Å². The molecular weight excluding hydrogens is 613 g/mol. The van der Waals surface area contributed by atoms with Crippen LogP contribution in [0.3, 0.4) is 0 Å². The molecule has 0 radical (unpaired) electrons. The second-order valence-electron chi connectivity index (χ2n) is 9.08. The van der Waals surface area contributed by atoms with Crippen LogP contribution in [0.1, 0.15) is 34.4 Å². The number of rotatable bonds is 5. The molecule has 1 unspecified atom stereocenters. The van der Waals surface area contributed by atoms with Crippen molar-refractivity contribution in [1.82, 2.24) is 29.8 Å². The maximum absolute atomic E-state index is 12.2. The molecule has 39 heavy (non-hydrogen) atoms. The van der Waals surface area contributed by atoms with Crippen molar-refractivity contribution >= 4 is 45.5 Å². The number of halogens is 1. The summed E-state index contributed by atoms with van der Waals surface area (Å²) in [7, 11) is 1.43. The lowest BCUT2D eigenvalue weighted by Gasteiger charge is -2.16. The molecule has 4 aromatic rings. The molecule has 1 saturated heterocycles. The minimum Gasteiger partial charge on any atom is -0.387 e. The zero-order valence-electron chi connectivity index (χ0n) is 21.4. The summed E-state index contributed by atoms with van der Waals surface area (Å²) in [5.41, 5.74) is 4.59. The molecule has 11 nitrogen and oxygen atoms in total. The third kappa shape index (κ3) is 5.44. The Bertz CT molecular complexity index is 1610. The molecule has 1 aliphatic heterocycles. The van der Waals surface area contributed by atoms with Crippen LogP contribution >= 0.6 is 22.6 Å². The van der Waals surface area contributed by atoms with E-state index in [1.54, 1.807) is 6.20 Å². The number of fused-ring (bicyclic) bond motifs is 1. The number of ether oxygens (including phenoxy) is 1. The number of aliphatic hydroxyl groups excluding tert-OH is 2. The summed E-state index contributed by atoms with van der Waals surface area (Å²) in [5, 5.41) is 26.9. The van der Waals surface area contributed by atoms with Crippen LogP contribution in [0.2, 0.25) is 0 Å². The largest absolute Gasteiger partial charge is 0.387 e. The monoisotopic (exact) mass is 639 g/mol. The predicted molar refractivity (Wildman–Crippen MR) is 151 cm³/mol. The number of carbonyl (C=O) groups excluding carboxylic acids is 1. The number of aryl methyl sites for hydroxylation is 1. The Balaban J connectivity index is 1.57. The highest BCUT2D eigenvalue weighted by molar-refractivity contribution is 14.1. The number of amides is 1. The third-order valence-corrected chi connectivity index (χ3v) is 7.24. The second-order valence-corrected chi connectivity index (χ2v) is 10.3. The van der Waals surface area contributed by atoms with Gasteiger partial charge in [0.15, 0.2) is 29.3 Å². The van der Waals surface area contributed by atoms with Crippen LogP contribution in [0, 0.1) is 29.3 Å². The second kappa shape index (κ2) is 11.2. The molecular formula is C27H26IN7O4. The standard InChI is InChI=1S/C27H26IN7O4/c1-14-5-4-6-16(15(14)2)7-8-19-33-24(31-12-18-11-17(28)9-10-30-18)20-25(34-19)35(13-32-20)27-22(37)21(36)23(39-27)26(38)29-3/h4-6,9-11,13,21-23,27,36-37H,12H2,1-3H3,(H,29,38)(H,31,33,34)/t21?,22-,23-,27+/m0/s1. The number of hydrogen-bond donors (Lipinski definition) is 4. The Kier molecular flexibility index (Phi) is 7.76. The summed E-state index contributed by atoms with van der Waals surface area (Å²) in [6.07, 6.45) is -2.01. The van der Waals surface area contributed by atoms with Gasteiger partial charge in [-0.1, -0.05) is 18.1 Å². The summed E-state index contributed by atoms with van der Waals surface area (Å²) in [6, 6.07) is 9.76. The van der Waals surface area contributed by atoms with Crippen LogP contribution in [0.5, 0.6) is 0 Å². The van der Waals surface area contributed by atoms with Gasteiger partial charge in [0.2, 0.25) is 5.82 Å². The first-order chi connectivity index (χ1) is 18.8. The van der Waals surface area contributed by atoms with Gasteiger partial charge in [-0.05, 0) is 71.7 Å². The van der Waals surface area contributed by atoms with Crippen molar-refractivity contribution in [3.8, 4) is 11.8 Å². The minimum atomic E-state index is -1.43. The van der Waals surface area contributed by atoms with E-state index in [0.717, 1.165) is 26.0 Å². The van der Waals surface area contributed by atoms with Crippen LogP contribution in [0.15, 0.2) is 42.9 Å². The van der Waals surface area contributed by atoms with Crippen LogP contribution in [0.4, 0.5) is 5.82 Å². The molecule has 1 amide bonds. The molecule has 1 aromatic carbocycles. The number of benzene rings is 1. The Labute approximate surface area is 238 Å². The fourth-order valence-electron chi connectivity index (χ4n) is 4.26. The van der Waals surface area contributed by atoms with Gasteiger partial charge in [-0.2, -0.15) is 0 Å². The molecule has 0 bridgehead atoms. The van der Waals surface area contributed by atoms with Gasteiger partial charge < -0.3 is 25.6 Å². The van der Waals surface area contributed by atoms with Gasteiger partial charge in [0.1, 0.15) is 12.2 Å². The molecule has 12 heteroatoms. The molecule has 5 rings (SSSR count). The number of nitrogens with zero attached hydrogens (tertiary/aromatic N) is 5. The fraction of sp³-hybridized carbons (Fsp3) is 0.296. The Morgan fingerprint density at radius 2 is 1.97 bits per heavy atom. The van der Waals surface area contributed by atoms with E-state index in [0.29, 0.717) is 23.5 Å². The number of aromatic nitrogens is 5. The van der Waals surface area contributed by atoms with Crippen molar-refractivity contribution in [1.29, 1.82) is 0 Å². The first kappa shape index (κ1) is 26.9. The highest BCUT2D eigenvalue weighted by atomic mass is 127. The summed E-state index contributed by atoms with van der Waals surface area (Å²) >= 11 is 2.22. The summed E-state index contributed by atoms with van der Waals surface area (Å²) in [6.45, 7) is 4.40. The van der Waals surface area contributed by atoms with Crippen LogP contribution in [-0.2, 0) is 16.1 Å². The molecule has 0 spiro atoms. The topological polar surface area (TPSA) is 147 Å². The number of anilines is 1. The van der Waals surface area contributed by atoms with Gasteiger partial charge >= 0.3 is 0 Å². The molecule has 1 fully saturated rings. The van der Waals surface area contributed by atoms with Crippen molar-refractivity contribution in [2.75, 3.05) is 12.4 Å². The van der Waals surface area contributed by atoms with Crippen molar-refractivity contribution in [3.05, 3.63) is 74.6 Å². The number of likely N-dealkylation sites (N-methyl/N-ethyl adjacent to an activating group) is 1. The zero-order chi connectivity index (χ0) is 27.7. The van der Waals surface area contributed by atoms with Crippen molar-refractivity contribution in [3.63, 3.8) is 0 Å². The summed E-state index contributed by atoms with van der Waals surface area (Å²) < 4.78 is 8.28. The normalized spacial score (nSPS) is 20.5. The van der Waals surface area contributed by atoms with Crippen LogP contribution < -0.4 is 10.6 Å². The average Bonchev–Trinajstić information content (AvgIpc) is 3.48. The van der Waals surface area contributed by atoms with Crippen molar-refractivity contribution in [2.45, 2.75) is 44.9 Å². The number of aliphatic hydroxyl groups is 2. The molecule has 3 aromatic heterocycles. The highest BCUT2D eigenvalue weighted by Crippen LogP contribution is 2.32. The van der Waals surface area contributed by atoms with E-state index in [1.807, 2.05) is 44.2 Å². The van der Waals surface area contributed by atoms with Crippen LogP contribution in [-0.4, -0.2) is 66.0 Å². The van der Waals surface area contributed by atoms with E-state index < -0.39 is 30.4 Å². The summed E-state index contributed by atoms with van der Waals surface area (Å²) in [5.74, 6) is 6.29. The van der Waals surface area contributed by atoms with E-state index in [9.17, 15) is 15.0 Å². The number of nitrogens with one attached hydrogen (secondary N) is 2. The van der Waals surface area contributed by atoms with Gasteiger partial charge in [0.25, 0.3) is 5.91 Å². The smallest absolute Gasteiger partial charge is 0.251 e. The fourth-order valence-corrected chi connectivity index (χ4v) is 4.78. The van der Waals surface area contributed by atoms with E-state index in [1.165, 1.54) is 17.9 Å². The predicted octanol–water partition coefficient (Wildman–Crippen LogP) is 1.82. The number of pyridine rings is 1. The van der Waals surface area contributed by atoms with Crippen molar-refractivity contribution < 1.29 is 19.7 Å². The molecule has 4 heterocycles. The van der Waals surface area contributed by atoms with E-state index in [-0.39, 0.29) is 5.82 Å².